The lowest BCUT2D eigenvalue weighted by Crippen LogP contribution is -2.27. The number of benzene rings is 2. The molecule has 0 aliphatic rings. The molecule has 0 bridgehead atoms. The SMILES string of the molecule is Cc1cccc(CN(C)C(=O)c2ccc(C)cc2N)c1. The maximum atomic E-state index is 12.4. The molecule has 0 fully saturated rings. The Labute approximate surface area is 120 Å². The zero-order valence-corrected chi connectivity index (χ0v) is 12.2. The summed E-state index contributed by atoms with van der Waals surface area (Å²) in [5.74, 6) is -0.0518. The second kappa shape index (κ2) is 5.78. The van der Waals surface area contributed by atoms with E-state index < -0.39 is 0 Å². The van der Waals surface area contributed by atoms with Crippen molar-refractivity contribution < 1.29 is 4.79 Å². The Kier molecular flexibility index (Phi) is 4.08. The van der Waals surface area contributed by atoms with Gasteiger partial charge in [0.1, 0.15) is 0 Å². The van der Waals surface area contributed by atoms with Crippen LogP contribution in [0.15, 0.2) is 42.5 Å². The van der Waals surface area contributed by atoms with Gasteiger partial charge in [0.25, 0.3) is 5.91 Å². The minimum atomic E-state index is -0.0518. The van der Waals surface area contributed by atoms with Crippen LogP contribution < -0.4 is 5.73 Å². The van der Waals surface area contributed by atoms with Crippen LogP contribution in [0.25, 0.3) is 0 Å². The quantitative estimate of drug-likeness (QED) is 0.869. The van der Waals surface area contributed by atoms with Crippen molar-refractivity contribution in [2.45, 2.75) is 20.4 Å². The first-order valence-electron chi connectivity index (χ1n) is 6.64. The molecule has 3 nitrogen and oxygen atoms in total. The van der Waals surface area contributed by atoms with Crippen molar-refractivity contribution in [2.24, 2.45) is 0 Å². The fourth-order valence-corrected chi connectivity index (χ4v) is 2.24. The highest BCUT2D eigenvalue weighted by atomic mass is 16.2. The van der Waals surface area contributed by atoms with Crippen molar-refractivity contribution in [3.8, 4) is 0 Å². The van der Waals surface area contributed by atoms with Gasteiger partial charge in [-0.1, -0.05) is 35.9 Å². The van der Waals surface area contributed by atoms with Gasteiger partial charge in [-0.2, -0.15) is 0 Å². The Morgan fingerprint density at radius 1 is 1.10 bits per heavy atom. The molecule has 0 saturated heterocycles. The lowest BCUT2D eigenvalue weighted by molar-refractivity contribution is 0.0786. The van der Waals surface area contributed by atoms with Gasteiger partial charge in [0.15, 0.2) is 0 Å². The van der Waals surface area contributed by atoms with E-state index >= 15 is 0 Å². The summed E-state index contributed by atoms with van der Waals surface area (Å²) in [4.78, 5) is 14.1. The van der Waals surface area contributed by atoms with Gasteiger partial charge in [-0.25, -0.2) is 0 Å². The number of rotatable bonds is 3. The van der Waals surface area contributed by atoms with Crippen molar-refractivity contribution in [1.29, 1.82) is 0 Å². The Bertz CT molecular complexity index is 635. The zero-order chi connectivity index (χ0) is 14.7. The molecule has 2 aromatic carbocycles. The van der Waals surface area contributed by atoms with E-state index in [-0.39, 0.29) is 5.91 Å². The molecule has 0 heterocycles. The van der Waals surface area contributed by atoms with Crippen molar-refractivity contribution >= 4 is 11.6 Å². The molecule has 2 N–H and O–H groups in total. The standard InChI is InChI=1S/C17H20N2O/c1-12-5-4-6-14(9-12)11-19(3)17(20)15-8-7-13(2)10-16(15)18/h4-10H,11,18H2,1-3H3. The topological polar surface area (TPSA) is 46.3 Å². The molecule has 0 aliphatic carbocycles. The van der Waals surface area contributed by atoms with E-state index in [4.69, 9.17) is 5.73 Å². The summed E-state index contributed by atoms with van der Waals surface area (Å²) in [6.07, 6.45) is 0. The summed E-state index contributed by atoms with van der Waals surface area (Å²) in [6, 6.07) is 13.7. The molecule has 0 atom stereocenters. The number of amides is 1. The minimum Gasteiger partial charge on any atom is -0.398 e. The van der Waals surface area contributed by atoms with Crippen LogP contribution in [-0.2, 0) is 6.54 Å². The van der Waals surface area contributed by atoms with E-state index in [2.05, 4.69) is 6.07 Å². The van der Waals surface area contributed by atoms with E-state index in [0.29, 0.717) is 17.8 Å². The highest BCUT2D eigenvalue weighted by molar-refractivity contribution is 5.99. The smallest absolute Gasteiger partial charge is 0.255 e. The molecule has 2 rings (SSSR count). The average Bonchev–Trinajstić information content (AvgIpc) is 2.38. The van der Waals surface area contributed by atoms with E-state index in [9.17, 15) is 4.79 Å². The number of nitrogens with zero attached hydrogens (tertiary/aromatic N) is 1. The van der Waals surface area contributed by atoms with Crippen molar-refractivity contribution in [2.75, 3.05) is 12.8 Å². The molecule has 104 valence electrons. The van der Waals surface area contributed by atoms with Gasteiger partial charge in [-0.15, -0.1) is 0 Å². The number of anilines is 1. The van der Waals surface area contributed by atoms with E-state index in [1.165, 1.54) is 5.56 Å². The second-order valence-electron chi connectivity index (χ2n) is 5.24. The fourth-order valence-electron chi connectivity index (χ4n) is 2.24. The first-order chi connectivity index (χ1) is 9.47. The Morgan fingerprint density at radius 3 is 2.45 bits per heavy atom. The largest absolute Gasteiger partial charge is 0.398 e. The first kappa shape index (κ1) is 14.1. The van der Waals surface area contributed by atoms with Gasteiger partial charge in [0.2, 0.25) is 0 Å². The van der Waals surface area contributed by atoms with Crippen LogP contribution in [0.3, 0.4) is 0 Å². The summed E-state index contributed by atoms with van der Waals surface area (Å²) in [5, 5.41) is 0. The maximum Gasteiger partial charge on any atom is 0.255 e. The van der Waals surface area contributed by atoms with Gasteiger partial charge in [0, 0.05) is 19.3 Å². The van der Waals surface area contributed by atoms with Gasteiger partial charge < -0.3 is 10.6 Å². The molecule has 0 aromatic heterocycles. The molecule has 2 aromatic rings. The van der Waals surface area contributed by atoms with Crippen LogP contribution in [0.5, 0.6) is 0 Å². The van der Waals surface area contributed by atoms with E-state index in [1.54, 1.807) is 18.0 Å². The number of hydrogen-bond donors (Lipinski definition) is 1. The zero-order valence-electron chi connectivity index (χ0n) is 12.2. The summed E-state index contributed by atoms with van der Waals surface area (Å²) >= 11 is 0. The average molecular weight is 268 g/mol. The number of aryl methyl sites for hydroxylation is 2. The summed E-state index contributed by atoms with van der Waals surface area (Å²) < 4.78 is 0. The van der Waals surface area contributed by atoms with Crippen molar-refractivity contribution in [1.82, 2.24) is 4.90 Å². The summed E-state index contributed by atoms with van der Waals surface area (Å²) in [5.41, 5.74) is 10.4. The van der Waals surface area contributed by atoms with E-state index in [0.717, 1.165) is 11.1 Å². The van der Waals surface area contributed by atoms with Crippen molar-refractivity contribution in [3.05, 3.63) is 64.7 Å². The highest BCUT2D eigenvalue weighted by Gasteiger charge is 2.14. The van der Waals surface area contributed by atoms with Gasteiger partial charge in [0.05, 0.1) is 5.56 Å². The van der Waals surface area contributed by atoms with Gasteiger partial charge in [-0.05, 0) is 37.1 Å². The lowest BCUT2D eigenvalue weighted by atomic mass is 10.1. The molecule has 0 aliphatic heterocycles. The number of nitrogen functional groups attached to an aromatic ring is 1. The predicted molar refractivity (Wildman–Crippen MR) is 82.6 cm³/mol. The number of nitrogens with two attached hydrogens (primary N) is 1. The summed E-state index contributed by atoms with van der Waals surface area (Å²) in [7, 11) is 1.80. The molecular weight excluding hydrogens is 248 g/mol. The molecule has 0 saturated carbocycles. The summed E-state index contributed by atoms with van der Waals surface area (Å²) in [6.45, 7) is 4.58. The molecule has 0 unspecified atom stereocenters. The third-order valence-corrected chi connectivity index (χ3v) is 3.29. The highest BCUT2D eigenvalue weighted by Crippen LogP contribution is 2.17. The normalized spacial score (nSPS) is 10.3. The van der Waals surface area contributed by atoms with E-state index in [1.807, 2.05) is 44.2 Å². The molecule has 0 radical (unpaired) electrons. The Balaban J connectivity index is 2.16. The van der Waals surface area contributed by atoms with Crippen LogP contribution in [0, 0.1) is 13.8 Å². The molecular formula is C17H20N2O. The van der Waals surface area contributed by atoms with Crippen LogP contribution in [0.2, 0.25) is 0 Å². The third-order valence-electron chi connectivity index (χ3n) is 3.29. The lowest BCUT2D eigenvalue weighted by Gasteiger charge is -2.18. The van der Waals surface area contributed by atoms with Crippen molar-refractivity contribution in [3.63, 3.8) is 0 Å². The predicted octanol–water partition coefficient (Wildman–Crippen LogP) is 3.16. The van der Waals surface area contributed by atoms with Crippen LogP contribution in [-0.4, -0.2) is 17.9 Å². The fraction of sp³-hybridized carbons (Fsp3) is 0.235. The molecule has 3 heteroatoms. The van der Waals surface area contributed by atoms with Gasteiger partial charge >= 0.3 is 0 Å². The monoisotopic (exact) mass is 268 g/mol. The van der Waals surface area contributed by atoms with Gasteiger partial charge in [-0.3, -0.25) is 4.79 Å². The van der Waals surface area contributed by atoms with Crippen LogP contribution in [0.4, 0.5) is 5.69 Å². The Hall–Kier alpha value is -2.29. The maximum absolute atomic E-state index is 12.4. The number of hydrogen-bond acceptors (Lipinski definition) is 2. The number of carbonyl (C=O) groups excluding carboxylic acids is 1. The molecule has 0 spiro atoms. The number of carbonyl (C=O) groups is 1. The third kappa shape index (κ3) is 3.18. The van der Waals surface area contributed by atoms with Crippen LogP contribution >= 0.6 is 0 Å². The van der Waals surface area contributed by atoms with Crippen LogP contribution in [0.1, 0.15) is 27.0 Å². The molecule has 1 amide bonds. The Morgan fingerprint density at radius 2 is 1.80 bits per heavy atom. The molecule has 20 heavy (non-hydrogen) atoms. The second-order valence-corrected chi connectivity index (χ2v) is 5.24. The first-order valence-corrected chi connectivity index (χ1v) is 6.64. The minimum absolute atomic E-state index is 0.0518.